The molecule has 0 aliphatic carbocycles. The van der Waals surface area contributed by atoms with Crippen LogP contribution in [0, 0.1) is 5.82 Å². The fraction of sp³-hybridized carbons (Fsp3) is 0.385. The first-order valence-electron chi connectivity index (χ1n) is 6.22. The number of nitrogens with zero attached hydrogens (tertiary/aromatic N) is 2. The molecule has 2 heterocycles. The molecule has 100 valence electrons. The Morgan fingerprint density at radius 1 is 1.32 bits per heavy atom. The SMILES string of the molecule is NCC1CCC(c2nc(-c3ccccc3F)no2)O1. The number of hydrogen-bond donors (Lipinski definition) is 1. The second-order valence-corrected chi connectivity index (χ2v) is 4.50. The molecule has 1 fully saturated rings. The third kappa shape index (κ3) is 2.36. The van der Waals surface area contributed by atoms with E-state index in [1.165, 1.54) is 6.07 Å². The maximum Gasteiger partial charge on any atom is 0.256 e. The summed E-state index contributed by atoms with van der Waals surface area (Å²) >= 11 is 0. The average molecular weight is 263 g/mol. The van der Waals surface area contributed by atoms with Crippen LogP contribution in [-0.4, -0.2) is 22.8 Å². The summed E-state index contributed by atoms with van der Waals surface area (Å²) in [5.41, 5.74) is 5.87. The van der Waals surface area contributed by atoms with Crippen molar-refractivity contribution < 1.29 is 13.7 Å². The monoisotopic (exact) mass is 263 g/mol. The van der Waals surface area contributed by atoms with Crippen LogP contribution < -0.4 is 5.73 Å². The Kier molecular flexibility index (Phi) is 3.27. The summed E-state index contributed by atoms with van der Waals surface area (Å²) in [7, 11) is 0. The lowest BCUT2D eigenvalue weighted by Crippen LogP contribution is -2.18. The summed E-state index contributed by atoms with van der Waals surface area (Å²) in [6.07, 6.45) is 1.47. The smallest absolute Gasteiger partial charge is 0.256 e. The van der Waals surface area contributed by atoms with Crippen molar-refractivity contribution in [3.8, 4) is 11.4 Å². The number of halogens is 1. The first-order chi connectivity index (χ1) is 9.28. The summed E-state index contributed by atoms with van der Waals surface area (Å²) in [6.45, 7) is 0.477. The van der Waals surface area contributed by atoms with E-state index >= 15 is 0 Å². The molecule has 2 atom stereocenters. The molecule has 2 unspecified atom stereocenters. The van der Waals surface area contributed by atoms with Crippen molar-refractivity contribution in [3.05, 3.63) is 36.0 Å². The molecule has 0 saturated carbocycles. The lowest BCUT2D eigenvalue weighted by atomic mass is 10.2. The minimum absolute atomic E-state index is 0.0359. The van der Waals surface area contributed by atoms with Gasteiger partial charge in [-0.15, -0.1) is 0 Å². The van der Waals surface area contributed by atoms with Gasteiger partial charge in [-0.3, -0.25) is 0 Å². The Morgan fingerprint density at radius 2 is 2.16 bits per heavy atom. The van der Waals surface area contributed by atoms with E-state index in [0.29, 0.717) is 18.0 Å². The zero-order chi connectivity index (χ0) is 13.2. The van der Waals surface area contributed by atoms with E-state index in [1.807, 2.05) is 0 Å². The number of rotatable bonds is 3. The third-order valence-corrected chi connectivity index (χ3v) is 3.20. The number of hydrogen-bond acceptors (Lipinski definition) is 5. The van der Waals surface area contributed by atoms with Crippen LogP contribution in [0.2, 0.25) is 0 Å². The van der Waals surface area contributed by atoms with Gasteiger partial charge in [0.1, 0.15) is 11.9 Å². The summed E-state index contributed by atoms with van der Waals surface area (Å²) in [6, 6.07) is 6.32. The van der Waals surface area contributed by atoms with Crippen LogP contribution in [0.5, 0.6) is 0 Å². The standard InChI is InChI=1S/C13H14FN3O2/c14-10-4-2-1-3-9(10)12-16-13(19-17-12)11-6-5-8(7-15)18-11/h1-4,8,11H,5-7,15H2. The van der Waals surface area contributed by atoms with Gasteiger partial charge >= 0.3 is 0 Å². The highest BCUT2D eigenvalue weighted by Crippen LogP contribution is 2.32. The minimum Gasteiger partial charge on any atom is -0.364 e. The number of ether oxygens (including phenoxy) is 1. The molecule has 1 aromatic carbocycles. The average Bonchev–Trinajstić information content (AvgIpc) is 3.08. The molecule has 0 bridgehead atoms. The van der Waals surface area contributed by atoms with Crippen LogP contribution in [0.25, 0.3) is 11.4 Å². The van der Waals surface area contributed by atoms with Crippen LogP contribution in [0.4, 0.5) is 4.39 Å². The number of benzene rings is 1. The van der Waals surface area contributed by atoms with Gasteiger partial charge in [-0.05, 0) is 25.0 Å². The van der Waals surface area contributed by atoms with Gasteiger partial charge < -0.3 is 15.0 Å². The number of nitrogens with two attached hydrogens (primary N) is 1. The molecule has 6 heteroatoms. The highest BCUT2D eigenvalue weighted by Gasteiger charge is 2.30. The van der Waals surface area contributed by atoms with E-state index < -0.39 is 0 Å². The Balaban J connectivity index is 1.82. The van der Waals surface area contributed by atoms with Gasteiger partial charge in [-0.1, -0.05) is 17.3 Å². The summed E-state index contributed by atoms with van der Waals surface area (Å²) < 4.78 is 24.4. The van der Waals surface area contributed by atoms with Crippen molar-refractivity contribution >= 4 is 0 Å². The van der Waals surface area contributed by atoms with E-state index in [1.54, 1.807) is 18.2 Å². The van der Waals surface area contributed by atoms with E-state index in [0.717, 1.165) is 12.8 Å². The molecule has 0 spiro atoms. The van der Waals surface area contributed by atoms with Gasteiger partial charge in [0.15, 0.2) is 0 Å². The van der Waals surface area contributed by atoms with Gasteiger partial charge in [0.2, 0.25) is 5.82 Å². The Hall–Kier alpha value is -1.79. The van der Waals surface area contributed by atoms with E-state index in [2.05, 4.69) is 10.1 Å². The molecular weight excluding hydrogens is 249 g/mol. The highest BCUT2D eigenvalue weighted by atomic mass is 19.1. The van der Waals surface area contributed by atoms with Crippen molar-refractivity contribution in [1.82, 2.24) is 10.1 Å². The highest BCUT2D eigenvalue weighted by molar-refractivity contribution is 5.54. The van der Waals surface area contributed by atoms with Gasteiger partial charge in [0.05, 0.1) is 11.7 Å². The van der Waals surface area contributed by atoms with E-state index in [-0.39, 0.29) is 23.8 Å². The third-order valence-electron chi connectivity index (χ3n) is 3.20. The summed E-state index contributed by atoms with van der Waals surface area (Å²) in [4.78, 5) is 4.21. The fourth-order valence-corrected chi connectivity index (χ4v) is 2.18. The lowest BCUT2D eigenvalue weighted by Gasteiger charge is -2.07. The van der Waals surface area contributed by atoms with Gasteiger partial charge in [0, 0.05) is 6.54 Å². The molecule has 0 amide bonds. The normalized spacial score (nSPS) is 22.8. The van der Waals surface area contributed by atoms with Crippen molar-refractivity contribution in [2.24, 2.45) is 5.73 Å². The van der Waals surface area contributed by atoms with Crippen LogP contribution in [0.15, 0.2) is 28.8 Å². The zero-order valence-corrected chi connectivity index (χ0v) is 10.3. The summed E-state index contributed by atoms with van der Waals surface area (Å²) in [5, 5.41) is 3.81. The maximum absolute atomic E-state index is 13.6. The Labute approximate surface area is 109 Å². The van der Waals surface area contributed by atoms with Crippen molar-refractivity contribution in [2.75, 3.05) is 6.54 Å². The first-order valence-corrected chi connectivity index (χ1v) is 6.22. The van der Waals surface area contributed by atoms with Crippen LogP contribution in [0.1, 0.15) is 24.8 Å². The van der Waals surface area contributed by atoms with Crippen LogP contribution in [-0.2, 0) is 4.74 Å². The van der Waals surface area contributed by atoms with Crippen molar-refractivity contribution in [1.29, 1.82) is 0 Å². The molecular formula is C13H14FN3O2. The molecule has 1 saturated heterocycles. The van der Waals surface area contributed by atoms with Gasteiger partial charge in [-0.25, -0.2) is 4.39 Å². The molecule has 1 aliphatic heterocycles. The van der Waals surface area contributed by atoms with Crippen molar-refractivity contribution in [3.63, 3.8) is 0 Å². The quantitative estimate of drug-likeness (QED) is 0.917. The number of aromatic nitrogens is 2. The predicted octanol–water partition coefficient (Wildman–Crippen LogP) is 2.05. The second kappa shape index (κ2) is 5.07. The Bertz CT molecular complexity index is 573. The van der Waals surface area contributed by atoms with Crippen molar-refractivity contribution in [2.45, 2.75) is 25.0 Å². The fourth-order valence-electron chi connectivity index (χ4n) is 2.18. The predicted molar refractivity (Wildman–Crippen MR) is 65.6 cm³/mol. The molecule has 1 aromatic heterocycles. The molecule has 3 rings (SSSR count). The first kappa shape index (κ1) is 12.3. The van der Waals surface area contributed by atoms with E-state index in [4.69, 9.17) is 15.0 Å². The largest absolute Gasteiger partial charge is 0.364 e. The topological polar surface area (TPSA) is 74.2 Å². The van der Waals surface area contributed by atoms with Gasteiger partial charge in [-0.2, -0.15) is 4.98 Å². The molecule has 2 N–H and O–H groups in total. The van der Waals surface area contributed by atoms with Crippen LogP contribution >= 0.6 is 0 Å². The molecule has 5 nitrogen and oxygen atoms in total. The zero-order valence-electron chi connectivity index (χ0n) is 10.3. The molecule has 19 heavy (non-hydrogen) atoms. The summed E-state index contributed by atoms with van der Waals surface area (Å²) in [5.74, 6) is 0.254. The molecule has 1 aliphatic rings. The van der Waals surface area contributed by atoms with Gasteiger partial charge in [0.25, 0.3) is 5.89 Å². The Morgan fingerprint density at radius 3 is 2.89 bits per heavy atom. The van der Waals surface area contributed by atoms with Crippen LogP contribution in [0.3, 0.4) is 0 Å². The second-order valence-electron chi connectivity index (χ2n) is 4.50. The maximum atomic E-state index is 13.6. The molecule has 2 aromatic rings. The molecule has 0 radical (unpaired) electrons. The lowest BCUT2D eigenvalue weighted by molar-refractivity contribution is 0.0307. The minimum atomic E-state index is -0.373. The van der Waals surface area contributed by atoms with E-state index in [9.17, 15) is 4.39 Å².